The van der Waals surface area contributed by atoms with E-state index in [9.17, 15) is 14.4 Å². The minimum atomic E-state index is -0.804. The number of carbonyl (C=O) groups excluding carboxylic acids is 3. The number of nitrogens with two attached hydrogens (primary N) is 1. The minimum Gasteiger partial charge on any atom is -0.480 e. The minimum absolute atomic E-state index is 0.0128. The Morgan fingerprint density at radius 1 is 1.22 bits per heavy atom. The van der Waals surface area contributed by atoms with E-state index in [4.69, 9.17) is 10.5 Å². The van der Waals surface area contributed by atoms with E-state index in [2.05, 4.69) is 22.2 Å². The maximum atomic E-state index is 13.2. The molecule has 0 spiro atoms. The van der Waals surface area contributed by atoms with Gasteiger partial charge in [-0.05, 0) is 42.5 Å². The first-order chi connectivity index (χ1) is 15.4. The number of anilines is 1. The number of thiazole rings is 1. The van der Waals surface area contributed by atoms with Crippen molar-refractivity contribution in [3.8, 4) is 5.88 Å². The quantitative estimate of drug-likeness (QED) is 0.585. The second-order valence-corrected chi connectivity index (χ2v) is 8.72. The molecule has 166 valence electrons. The van der Waals surface area contributed by atoms with E-state index in [0.29, 0.717) is 6.54 Å². The van der Waals surface area contributed by atoms with Crippen molar-refractivity contribution in [2.24, 2.45) is 11.7 Å². The third-order valence-corrected chi connectivity index (χ3v) is 6.39. The van der Waals surface area contributed by atoms with Crippen LogP contribution in [0.15, 0.2) is 36.0 Å². The Balaban J connectivity index is 1.57. The SMILES string of the molecule is COc1ncc(NC(=O)C(=O)N2C[C@@H](C)CC[C@@H]2c2ccc3scnc3c2)cc1C(N)=O. The summed E-state index contributed by atoms with van der Waals surface area (Å²) in [6.07, 6.45) is 3.02. The fraction of sp³-hybridized carbons (Fsp3) is 0.318. The smallest absolute Gasteiger partial charge is 0.313 e. The Morgan fingerprint density at radius 2 is 2.03 bits per heavy atom. The predicted octanol–water partition coefficient (Wildman–Crippen LogP) is 2.74. The number of primary amides is 1. The van der Waals surface area contributed by atoms with Gasteiger partial charge in [0.1, 0.15) is 5.56 Å². The van der Waals surface area contributed by atoms with Crippen LogP contribution in [0.25, 0.3) is 10.2 Å². The van der Waals surface area contributed by atoms with Crippen LogP contribution in [0, 0.1) is 5.92 Å². The Kier molecular flexibility index (Phi) is 6.04. The molecule has 2 atom stereocenters. The van der Waals surface area contributed by atoms with E-state index >= 15 is 0 Å². The van der Waals surface area contributed by atoms with Crippen LogP contribution < -0.4 is 15.8 Å². The molecule has 3 amide bonds. The highest BCUT2D eigenvalue weighted by Crippen LogP contribution is 2.35. The topological polar surface area (TPSA) is 128 Å². The lowest BCUT2D eigenvalue weighted by atomic mass is 9.89. The molecule has 0 saturated carbocycles. The first-order valence-corrected chi connectivity index (χ1v) is 11.0. The number of hydrogen-bond acceptors (Lipinski definition) is 7. The van der Waals surface area contributed by atoms with Crippen molar-refractivity contribution in [3.63, 3.8) is 0 Å². The first kappa shape index (κ1) is 21.7. The second-order valence-electron chi connectivity index (χ2n) is 7.83. The molecule has 1 aromatic carbocycles. The summed E-state index contributed by atoms with van der Waals surface area (Å²) in [6, 6.07) is 7.09. The van der Waals surface area contributed by atoms with Crippen LogP contribution >= 0.6 is 11.3 Å². The summed E-state index contributed by atoms with van der Waals surface area (Å²) in [7, 11) is 1.36. The van der Waals surface area contributed by atoms with Crippen LogP contribution in [0.5, 0.6) is 5.88 Å². The molecule has 3 aromatic rings. The highest BCUT2D eigenvalue weighted by molar-refractivity contribution is 7.16. The Bertz CT molecular complexity index is 1190. The van der Waals surface area contributed by atoms with Crippen LogP contribution in [0.2, 0.25) is 0 Å². The monoisotopic (exact) mass is 453 g/mol. The molecule has 10 heteroatoms. The number of nitrogens with zero attached hydrogens (tertiary/aromatic N) is 3. The largest absolute Gasteiger partial charge is 0.480 e. The molecule has 3 N–H and O–H groups in total. The molecule has 0 radical (unpaired) electrons. The molecule has 0 aliphatic carbocycles. The number of pyridine rings is 1. The molecular formula is C22H23N5O4S. The molecule has 3 heterocycles. The van der Waals surface area contributed by atoms with Gasteiger partial charge in [0.25, 0.3) is 5.91 Å². The fourth-order valence-electron chi connectivity index (χ4n) is 3.98. The number of rotatable bonds is 4. The number of likely N-dealkylation sites (tertiary alicyclic amines) is 1. The number of hydrogen-bond donors (Lipinski definition) is 2. The maximum absolute atomic E-state index is 13.2. The lowest BCUT2D eigenvalue weighted by Crippen LogP contribution is -2.46. The summed E-state index contributed by atoms with van der Waals surface area (Å²) in [4.78, 5) is 47.5. The van der Waals surface area contributed by atoms with E-state index in [1.54, 1.807) is 21.7 Å². The molecule has 0 unspecified atom stereocenters. The molecule has 1 fully saturated rings. The standard InChI is InChI=1S/C22H23N5O4S/c1-12-3-5-17(13-4-6-18-16(7-13)25-11-32-18)27(10-12)22(30)20(29)26-14-8-15(19(23)28)21(31-2)24-9-14/h4,6-9,11-12,17H,3,5,10H2,1-2H3,(H2,23,28)(H,26,29)/t12-,17+/m0/s1. The molecule has 4 rings (SSSR count). The molecule has 1 aliphatic rings. The second kappa shape index (κ2) is 8.91. The van der Waals surface area contributed by atoms with Crippen molar-refractivity contribution in [1.29, 1.82) is 0 Å². The van der Waals surface area contributed by atoms with E-state index in [0.717, 1.165) is 28.6 Å². The number of ether oxygens (including phenoxy) is 1. The third kappa shape index (κ3) is 4.26. The molecule has 32 heavy (non-hydrogen) atoms. The van der Waals surface area contributed by atoms with Gasteiger partial charge in [-0.25, -0.2) is 9.97 Å². The van der Waals surface area contributed by atoms with E-state index < -0.39 is 17.7 Å². The van der Waals surface area contributed by atoms with Gasteiger partial charge in [-0.3, -0.25) is 14.4 Å². The number of aromatic nitrogens is 2. The summed E-state index contributed by atoms with van der Waals surface area (Å²) in [5.41, 5.74) is 9.17. The lowest BCUT2D eigenvalue weighted by Gasteiger charge is -2.38. The summed E-state index contributed by atoms with van der Waals surface area (Å²) < 4.78 is 6.08. The van der Waals surface area contributed by atoms with E-state index in [1.807, 2.05) is 18.2 Å². The highest BCUT2D eigenvalue weighted by Gasteiger charge is 2.34. The molecule has 1 aliphatic heterocycles. The number of nitrogens with one attached hydrogen (secondary N) is 1. The molecule has 0 bridgehead atoms. The molecular weight excluding hydrogens is 430 g/mol. The van der Waals surface area contributed by atoms with Crippen LogP contribution in [-0.4, -0.2) is 46.2 Å². The van der Waals surface area contributed by atoms with Crippen LogP contribution in [0.1, 0.15) is 41.7 Å². The van der Waals surface area contributed by atoms with Crippen molar-refractivity contribution in [1.82, 2.24) is 14.9 Å². The van der Waals surface area contributed by atoms with Gasteiger partial charge < -0.3 is 20.7 Å². The Labute approximate surface area is 188 Å². The maximum Gasteiger partial charge on any atom is 0.313 e. The molecule has 9 nitrogen and oxygen atoms in total. The number of carbonyl (C=O) groups is 3. The molecule has 1 saturated heterocycles. The third-order valence-electron chi connectivity index (χ3n) is 5.58. The highest BCUT2D eigenvalue weighted by atomic mass is 32.1. The summed E-state index contributed by atoms with van der Waals surface area (Å²) in [5.74, 6) is -1.88. The van der Waals surface area contributed by atoms with Gasteiger partial charge in [0.2, 0.25) is 5.88 Å². The number of methoxy groups -OCH3 is 1. The fourth-order valence-corrected chi connectivity index (χ4v) is 4.64. The molecule has 2 aromatic heterocycles. The van der Waals surface area contributed by atoms with Crippen molar-refractivity contribution in [2.75, 3.05) is 19.0 Å². The number of amides is 3. The van der Waals surface area contributed by atoms with Crippen LogP contribution in [0.3, 0.4) is 0 Å². The van der Waals surface area contributed by atoms with Gasteiger partial charge in [-0.1, -0.05) is 13.0 Å². The average molecular weight is 454 g/mol. The zero-order chi connectivity index (χ0) is 22.8. The Morgan fingerprint density at radius 3 is 2.78 bits per heavy atom. The van der Waals surface area contributed by atoms with Crippen LogP contribution in [-0.2, 0) is 9.59 Å². The zero-order valence-electron chi connectivity index (χ0n) is 17.7. The van der Waals surface area contributed by atoms with Gasteiger partial charge in [-0.2, -0.15) is 0 Å². The van der Waals surface area contributed by atoms with Gasteiger partial charge in [-0.15, -0.1) is 11.3 Å². The van der Waals surface area contributed by atoms with Crippen molar-refractivity contribution < 1.29 is 19.1 Å². The lowest BCUT2D eigenvalue weighted by molar-refractivity contribution is -0.146. The Hall–Kier alpha value is -3.53. The first-order valence-electron chi connectivity index (χ1n) is 10.2. The number of benzene rings is 1. The van der Waals surface area contributed by atoms with E-state index in [-0.39, 0.29) is 29.1 Å². The average Bonchev–Trinajstić information content (AvgIpc) is 3.26. The van der Waals surface area contributed by atoms with Gasteiger partial charge in [0.15, 0.2) is 0 Å². The normalized spacial score (nSPS) is 18.4. The summed E-state index contributed by atoms with van der Waals surface area (Å²) in [6.45, 7) is 2.53. The number of piperidine rings is 1. The van der Waals surface area contributed by atoms with E-state index in [1.165, 1.54) is 19.4 Å². The summed E-state index contributed by atoms with van der Waals surface area (Å²) >= 11 is 1.56. The van der Waals surface area contributed by atoms with Crippen LogP contribution in [0.4, 0.5) is 5.69 Å². The van der Waals surface area contributed by atoms with Gasteiger partial charge in [0, 0.05) is 6.54 Å². The summed E-state index contributed by atoms with van der Waals surface area (Å²) in [5, 5.41) is 2.53. The zero-order valence-corrected chi connectivity index (χ0v) is 18.5. The van der Waals surface area contributed by atoms with Gasteiger partial charge in [0.05, 0.1) is 40.8 Å². The van der Waals surface area contributed by atoms with Gasteiger partial charge >= 0.3 is 11.8 Å². The number of fused-ring (bicyclic) bond motifs is 1. The van der Waals surface area contributed by atoms with Crippen molar-refractivity contribution >= 4 is 45.0 Å². The van der Waals surface area contributed by atoms with Crippen molar-refractivity contribution in [3.05, 3.63) is 47.1 Å². The predicted molar refractivity (Wildman–Crippen MR) is 120 cm³/mol. The van der Waals surface area contributed by atoms with Crippen molar-refractivity contribution in [2.45, 2.75) is 25.8 Å².